The van der Waals surface area contributed by atoms with E-state index in [1.165, 1.54) is 5.56 Å². The number of hydrogen-bond donors (Lipinski definition) is 1. The van der Waals surface area contributed by atoms with E-state index < -0.39 is 9.84 Å². The van der Waals surface area contributed by atoms with Gasteiger partial charge in [-0.05, 0) is 13.3 Å². The number of nitrogens with two attached hydrogens (primary N) is 1. The van der Waals surface area contributed by atoms with Crippen LogP contribution in [-0.2, 0) is 9.84 Å². The van der Waals surface area contributed by atoms with Crippen molar-refractivity contribution < 1.29 is 8.42 Å². The summed E-state index contributed by atoms with van der Waals surface area (Å²) < 4.78 is 24.8. The van der Waals surface area contributed by atoms with E-state index in [1.54, 1.807) is 10.7 Å². The highest BCUT2D eigenvalue weighted by molar-refractivity contribution is 7.91. The highest BCUT2D eigenvalue weighted by atomic mass is 32.2. The number of hydrogen-bond acceptors (Lipinski definition) is 4. The van der Waals surface area contributed by atoms with Crippen molar-refractivity contribution in [3.8, 4) is 11.3 Å². The van der Waals surface area contributed by atoms with Crippen molar-refractivity contribution in [2.75, 3.05) is 17.2 Å². The van der Waals surface area contributed by atoms with E-state index >= 15 is 0 Å². The minimum absolute atomic E-state index is 0.131. The first kappa shape index (κ1) is 13.2. The predicted octanol–water partition coefficient (Wildman–Crippen LogP) is 1.80. The van der Waals surface area contributed by atoms with Crippen molar-refractivity contribution in [1.29, 1.82) is 0 Å². The molecule has 3 rings (SSSR count). The Morgan fingerprint density at radius 2 is 2.00 bits per heavy atom. The van der Waals surface area contributed by atoms with Gasteiger partial charge in [0.2, 0.25) is 0 Å². The van der Waals surface area contributed by atoms with Crippen molar-refractivity contribution in [3.05, 3.63) is 35.9 Å². The smallest absolute Gasteiger partial charge is 0.152 e. The zero-order valence-corrected chi connectivity index (χ0v) is 12.1. The van der Waals surface area contributed by atoms with Gasteiger partial charge in [0, 0.05) is 11.6 Å². The monoisotopic (exact) mass is 291 g/mol. The zero-order chi connectivity index (χ0) is 14.3. The lowest BCUT2D eigenvalue weighted by Gasteiger charge is -2.09. The summed E-state index contributed by atoms with van der Waals surface area (Å²) in [6, 6.07) is 9.68. The average molecular weight is 291 g/mol. The van der Waals surface area contributed by atoms with Crippen LogP contribution in [-0.4, -0.2) is 29.7 Å². The van der Waals surface area contributed by atoms with Gasteiger partial charge >= 0.3 is 0 Å². The van der Waals surface area contributed by atoms with E-state index in [-0.39, 0.29) is 17.5 Å². The van der Waals surface area contributed by atoms with Crippen molar-refractivity contribution in [3.63, 3.8) is 0 Å². The van der Waals surface area contributed by atoms with Gasteiger partial charge in [0.15, 0.2) is 9.84 Å². The molecule has 0 saturated carbocycles. The predicted molar refractivity (Wildman–Crippen MR) is 79.1 cm³/mol. The summed E-state index contributed by atoms with van der Waals surface area (Å²) in [5, 5.41) is 4.48. The summed E-state index contributed by atoms with van der Waals surface area (Å²) in [6.45, 7) is 2.03. The van der Waals surface area contributed by atoms with Crippen LogP contribution in [0.15, 0.2) is 30.3 Å². The highest BCUT2D eigenvalue weighted by Crippen LogP contribution is 2.28. The molecule has 20 heavy (non-hydrogen) atoms. The Hall–Kier alpha value is -1.82. The molecule has 0 bridgehead atoms. The normalized spacial score (nSPS) is 21.1. The van der Waals surface area contributed by atoms with Gasteiger partial charge in [0.05, 0.1) is 23.2 Å². The van der Waals surface area contributed by atoms with E-state index in [2.05, 4.69) is 5.10 Å². The molecule has 1 atom stereocenters. The minimum Gasteiger partial charge on any atom is -0.384 e. The Labute approximate surface area is 118 Å². The van der Waals surface area contributed by atoms with Crippen LogP contribution in [0.1, 0.15) is 18.0 Å². The molecule has 2 aromatic rings. The molecule has 1 aliphatic rings. The fourth-order valence-corrected chi connectivity index (χ4v) is 4.23. The van der Waals surface area contributed by atoms with Gasteiger partial charge in [-0.1, -0.05) is 29.8 Å². The average Bonchev–Trinajstić information content (AvgIpc) is 2.93. The van der Waals surface area contributed by atoms with Crippen LogP contribution in [0.3, 0.4) is 0 Å². The van der Waals surface area contributed by atoms with Crippen molar-refractivity contribution in [2.45, 2.75) is 19.4 Å². The van der Waals surface area contributed by atoms with Crippen molar-refractivity contribution in [1.82, 2.24) is 9.78 Å². The topological polar surface area (TPSA) is 78.0 Å². The number of aryl methyl sites for hydroxylation is 1. The summed E-state index contributed by atoms with van der Waals surface area (Å²) in [6.07, 6.45) is 0.585. The summed E-state index contributed by atoms with van der Waals surface area (Å²) >= 11 is 0. The molecular formula is C14H17N3O2S. The maximum Gasteiger partial charge on any atom is 0.152 e. The third-order valence-electron chi connectivity index (χ3n) is 3.67. The fourth-order valence-electron chi connectivity index (χ4n) is 2.54. The van der Waals surface area contributed by atoms with Crippen LogP contribution < -0.4 is 5.73 Å². The Kier molecular flexibility index (Phi) is 3.05. The van der Waals surface area contributed by atoms with Gasteiger partial charge in [-0.2, -0.15) is 5.10 Å². The summed E-state index contributed by atoms with van der Waals surface area (Å²) in [7, 11) is -2.94. The molecule has 1 aromatic heterocycles. The number of aromatic nitrogens is 2. The number of sulfone groups is 1. The number of anilines is 1. The first-order chi connectivity index (χ1) is 9.44. The molecule has 0 amide bonds. The van der Waals surface area contributed by atoms with Crippen molar-refractivity contribution in [2.24, 2.45) is 0 Å². The molecule has 1 aromatic carbocycles. The van der Waals surface area contributed by atoms with E-state index in [0.717, 1.165) is 11.3 Å². The first-order valence-corrected chi connectivity index (χ1v) is 8.39. The minimum atomic E-state index is -2.94. The fraction of sp³-hybridized carbons (Fsp3) is 0.357. The second-order valence-electron chi connectivity index (χ2n) is 5.32. The van der Waals surface area contributed by atoms with Gasteiger partial charge in [0.1, 0.15) is 5.82 Å². The second kappa shape index (κ2) is 4.63. The molecule has 0 aliphatic carbocycles. The Morgan fingerprint density at radius 1 is 1.30 bits per heavy atom. The molecule has 2 N–H and O–H groups in total. The Morgan fingerprint density at radius 3 is 2.60 bits per heavy atom. The van der Waals surface area contributed by atoms with Gasteiger partial charge in [-0.15, -0.1) is 0 Å². The Bertz CT molecular complexity index is 732. The van der Waals surface area contributed by atoms with Gasteiger partial charge in [-0.3, -0.25) is 0 Å². The largest absolute Gasteiger partial charge is 0.384 e. The van der Waals surface area contributed by atoms with E-state index in [9.17, 15) is 8.42 Å². The van der Waals surface area contributed by atoms with Gasteiger partial charge in [-0.25, -0.2) is 13.1 Å². The van der Waals surface area contributed by atoms with Crippen LogP contribution in [0.4, 0.5) is 5.82 Å². The lowest BCUT2D eigenvalue weighted by molar-refractivity contribution is 0.508. The lowest BCUT2D eigenvalue weighted by Crippen LogP contribution is -2.14. The van der Waals surface area contributed by atoms with E-state index in [0.29, 0.717) is 12.2 Å². The highest BCUT2D eigenvalue weighted by Gasteiger charge is 2.30. The summed E-state index contributed by atoms with van der Waals surface area (Å²) in [5.41, 5.74) is 8.94. The third kappa shape index (κ3) is 2.43. The number of nitrogen functional groups attached to an aromatic ring is 1. The van der Waals surface area contributed by atoms with Crippen LogP contribution >= 0.6 is 0 Å². The van der Waals surface area contributed by atoms with Crippen LogP contribution in [0.2, 0.25) is 0 Å². The molecule has 0 spiro atoms. The molecule has 1 aliphatic heterocycles. The maximum atomic E-state index is 11.6. The standard InChI is InChI=1S/C14H17N3O2S/c1-10-2-4-11(5-3-10)13-8-14(15)17(16-13)12-6-7-20(18,19)9-12/h2-5,8,12H,6-7,9,15H2,1H3. The van der Waals surface area contributed by atoms with Gasteiger partial charge in [0.25, 0.3) is 0 Å². The summed E-state index contributed by atoms with van der Waals surface area (Å²) in [4.78, 5) is 0. The molecule has 106 valence electrons. The van der Waals surface area contributed by atoms with Crippen LogP contribution in [0, 0.1) is 6.92 Å². The molecule has 6 heteroatoms. The maximum absolute atomic E-state index is 11.6. The van der Waals surface area contributed by atoms with E-state index in [4.69, 9.17) is 5.73 Å². The first-order valence-electron chi connectivity index (χ1n) is 6.57. The quantitative estimate of drug-likeness (QED) is 0.915. The molecule has 1 fully saturated rings. The van der Waals surface area contributed by atoms with E-state index in [1.807, 2.05) is 31.2 Å². The van der Waals surface area contributed by atoms with Crippen molar-refractivity contribution >= 4 is 15.7 Å². The molecule has 1 unspecified atom stereocenters. The molecule has 1 saturated heterocycles. The van der Waals surface area contributed by atoms with Crippen LogP contribution in [0.5, 0.6) is 0 Å². The van der Waals surface area contributed by atoms with Gasteiger partial charge < -0.3 is 5.73 Å². The molecule has 2 heterocycles. The SMILES string of the molecule is Cc1ccc(-c2cc(N)n(C3CCS(=O)(=O)C3)n2)cc1. The third-order valence-corrected chi connectivity index (χ3v) is 5.42. The zero-order valence-electron chi connectivity index (χ0n) is 11.3. The summed E-state index contributed by atoms with van der Waals surface area (Å²) in [5.74, 6) is 0.867. The van der Waals surface area contributed by atoms with Crippen LogP contribution in [0.25, 0.3) is 11.3 Å². The number of rotatable bonds is 2. The lowest BCUT2D eigenvalue weighted by atomic mass is 10.1. The Balaban J connectivity index is 1.93. The number of benzene rings is 1. The molecular weight excluding hydrogens is 274 g/mol. The molecule has 0 radical (unpaired) electrons. The molecule has 5 nitrogen and oxygen atoms in total. The second-order valence-corrected chi connectivity index (χ2v) is 7.55. The number of nitrogens with zero attached hydrogens (tertiary/aromatic N) is 2.